The summed E-state index contributed by atoms with van der Waals surface area (Å²) < 4.78 is 23.9. The Morgan fingerprint density at radius 1 is 0.917 bits per heavy atom. The molecule has 0 aliphatic rings. The largest absolute Gasteiger partial charge is 0.390 e. The van der Waals surface area contributed by atoms with Crippen LogP contribution in [0, 0.1) is 0 Å². The lowest BCUT2D eigenvalue weighted by Crippen LogP contribution is -2.10. The zero-order valence-corrected chi connectivity index (χ0v) is 14.8. The van der Waals surface area contributed by atoms with Crippen molar-refractivity contribution in [3.05, 3.63) is 71.8 Å². The maximum atomic E-state index is 13.1. The summed E-state index contributed by atoms with van der Waals surface area (Å²) in [5.74, 6) is 0. The molecule has 0 spiro atoms. The van der Waals surface area contributed by atoms with Crippen LogP contribution in [0.25, 0.3) is 0 Å². The molecule has 0 radical (unpaired) electrons. The Bertz CT molecular complexity index is 679. The van der Waals surface area contributed by atoms with Gasteiger partial charge in [-0.1, -0.05) is 65.8 Å². The highest BCUT2D eigenvalue weighted by molar-refractivity contribution is 7.73. The van der Waals surface area contributed by atoms with Crippen LogP contribution in [0.4, 0.5) is 0 Å². The number of hydrogen-bond donors (Lipinski definition) is 0. The van der Waals surface area contributed by atoms with E-state index in [1.165, 1.54) is 0 Å². The predicted molar refractivity (Wildman–Crippen MR) is 95.1 cm³/mol. The highest BCUT2D eigenvalue weighted by Crippen LogP contribution is 2.51. The summed E-state index contributed by atoms with van der Waals surface area (Å²) in [4.78, 5) is 5.43. The number of oxime groups is 1. The monoisotopic (exact) mass is 347 g/mol. The molecule has 0 bridgehead atoms. The fourth-order valence-electron chi connectivity index (χ4n) is 2.09. The molecule has 2 rings (SSSR count). The molecular formula is C18H22NO4P. The minimum atomic E-state index is -3.55. The second kappa shape index (κ2) is 9.38. The van der Waals surface area contributed by atoms with Crippen LogP contribution in [0.3, 0.4) is 0 Å². The highest BCUT2D eigenvalue weighted by Gasteiger charge is 2.33. The Kier molecular flexibility index (Phi) is 7.19. The van der Waals surface area contributed by atoms with Gasteiger partial charge in [-0.3, -0.25) is 4.57 Å². The van der Waals surface area contributed by atoms with Gasteiger partial charge in [-0.25, -0.2) is 0 Å². The molecule has 0 unspecified atom stereocenters. The van der Waals surface area contributed by atoms with E-state index in [1.807, 2.05) is 48.5 Å². The van der Waals surface area contributed by atoms with Crippen LogP contribution < -0.4 is 0 Å². The summed E-state index contributed by atoms with van der Waals surface area (Å²) in [5, 5.41) is 4.10. The topological polar surface area (TPSA) is 57.1 Å². The minimum Gasteiger partial charge on any atom is -0.390 e. The summed E-state index contributed by atoms with van der Waals surface area (Å²) in [5.41, 5.74) is 1.80. The van der Waals surface area contributed by atoms with Gasteiger partial charge in [0.1, 0.15) is 6.61 Å². The van der Waals surface area contributed by atoms with Gasteiger partial charge < -0.3 is 13.9 Å². The van der Waals surface area contributed by atoms with Crippen LogP contribution in [-0.4, -0.2) is 18.7 Å². The smallest absolute Gasteiger partial charge is 0.383 e. The van der Waals surface area contributed by atoms with Crippen molar-refractivity contribution in [1.82, 2.24) is 0 Å². The molecule has 2 aromatic carbocycles. The van der Waals surface area contributed by atoms with E-state index in [1.54, 1.807) is 26.0 Å². The first-order chi connectivity index (χ1) is 11.7. The molecule has 24 heavy (non-hydrogen) atoms. The fourth-order valence-corrected chi connectivity index (χ4v) is 3.71. The molecule has 5 nitrogen and oxygen atoms in total. The fraction of sp³-hybridized carbons (Fsp3) is 0.278. The lowest BCUT2D eigenvalue weighted by atomic mass is 10.2. The maximum absolute atomic E-state index is 13.1. The normalized spacial score (nSPS) is 12.2. The molecule has 0 N–H and O–H groups in total. The van der Waals surface area contributed by atoms with Crippen LogP contribution in [-0.2, 0) is 25.1 Å². The molecule has 0 fully saturated rings. The van der Waals surface area contributed by atoms with Crippen molar-refractivity contribution in [3.8, 4) is 0 Å². The quantitative estimate of drug-likeness (QED) is 0.370. The van der Waals surface area contributed by atoms with Gasteiger partial charge in [0.15, 0.2) is 5.45 Å². The third kappa shape index (κ3) is 5.03. The molecule has 2 aromatic rings. The van der Waals surface area contributed by atoms with Gasteiger partial charge in [-0.05, 0) is 19.4 Å². The van der Waals surface area contributed by atoms with Crippen molar-refractivity contribution in [3.63, 3.8) is 0 Å². The molecule has 6 heteroatoms. The molecule has 0 saturated carbocycles. The van der Waals surface area contributed by atoms with E-state index in [2.05, 4.69) is 5.16 Å². The van der Waals surface area contributed by atoms with E-state index in [4.69, 9.17) is 13.9 Å². The molecule has 0 atom stereocenters. The molecule has 0 aliphatic heterocycles. The first kappa shape index (κ1) is 18.4. The van der Waals surface area contributed by atoms with Crippen molar-refractivity contribution >= 4 is 13.0 Å². The van der Waals surface area contributed by atoms with Gasteiger partial charge >= 0.3 is 7.60 Å². The van der Waals surface area contributed by atoms with E-state index in [0.717, 1.165) is 5.56 Å². The Hall–Kier alpha value is -1.94. The van der Waals surface area contributed by atoms with Crippen molar-refractivity contribution in [2.24, 2.45) is 5.16 Å². The van der Waals surface area contributed by atoms with E-state index in [9.17, 15) is 4.57 Å². The second-order valence-electron chi connectivity index (χ2n) is 4.87. The lowest BCUT2D eigenvalue weighted by Gasteiger charge is -2.18. The Morgan fingerprint density at radius 2 is 1.46 bits per heavy atom. The zero-order valence-electron chi connectivity index (χ0n) is 13.9. The summed E-state index contributed by atoms with van der Waals surface area (Å²) in [6.07, 6.45) is 0. The molecule has 0 heterocycles. The summed E-state index contributed by atoms with van der Waals surface area (Å²) in [6, 6.07) is 18.8. The number of benzene rings is 2. The summed E-state index contributed by atoms with van der Waals surface area (Å²) in [7, 11) is -3.55. The first-order valence-electron chi connectivity index (χ1n) is 7.88. The van der Waals surface area contributed by atoms with E-state index < -0.39 is 7.60 Å². The summed E-state index contributed by atoms with van der Waals surface area (Å²) >= 11 is 0. The van der Waals surface area contributed by atoms with Crippen LogP contribution >= 0.6 is 7.60 Å². The molecule has 0 saturated heterocycles. The number of rotatable bonds is 9. The Labute approximate surface area is 142 Å². The van der Waals surface area contributed by atoms with Crippen LogP contribution in [0.15, 0.2) is 65.8 Å². The number of nitrogens with zero attached hydrogens (tertiary/aromatic N) is 1. The number of hydrogen-bond acceptors (Lipinski definition) is 5. The summed E-state index contributed by atoms with van der Waals surface area (Å²) in [6.45, 7) is 4.30. The predicted octanol–water partition coefficient (Wildman–Crippen LogP) is 4.83. The van der Waals surface area contributed by atoms with Gasteiger partial charge in [0.25, 0.3) is 0 Å². The van der Waals surface area contributed by atoms with E-state index >= 15 is 0 Å². The van der Waals surface area contributed by atoms with E-state index in [0.29, 0.717) is 5.56 Å². The van der Waals surface area contributed by atoms with Gasteiger partial charge in [0.2, 0.25) is 0 Å². The Morgan fingerprint density at radius 3 is 2.00 bits per heavy atom. The standard InChI is InChI=1S/C18H22NO4P/c1-3-22-24(20,23-4-2)18(17-13-9-6-10-14-17)19-21-15-16-11-7-5-8-12-16/h5-14H,3-4,15H2,1-2H3/b19-18+. The molecule has 128 valence electrons. The SMILES string of the molecule is CCOP(=O)(OCC)/C(=N/OCc1ccccc1)c1ccccc1. The minimum absolute atomic E-state index is 0.183. The average molecular weight is 347 g/mol. The lowest BCUT2D eigenvalue weighted by molar-refractivity contribution is 0.130. The van der Waals surface area contributed by atoms with Gasteiger partial charge in [0, 0.05) is 5.56 Å². The Balaban J connectivity index is 2.28. The second-order valence-corrected chi connectivity index (χ2v) is 6.81. The molecular weight excluding hydrogens is 325 g/mol. The van der Waals surface area contributed by atoms with Gasteiger partial charge in [0.05, 0.1) is 13.2 Å². The third-order valence-corrected chi connectivity index (χ3v) is 5.17. The molecule has 0 amide bonds. The van der Waals surface area contributed by atoms with E-state index in [-0.39, 0.29) is 25.3 Å². The van der Waals surface area contributed by atoms with Crippen LogP contribution in [0.1, 0.15) is 25.0 Å². The van der Waals surface area contributed by atoms with Gasteiger partial charge in [-0.2, -0.15) is 0 Å². The van der Waals surface area contributed by atoms with Crippen LogP contribution in [0.2, 0.25) is 0 Å². The van der Waals surface area contributed by atoms with Gasteiger partial charge in [-0.15, -0.1) is 0 Å². The molecule has 0 aliphatic carbocycles. The van der Waals surface area contributed by atoms with Crippen molar-refractivity contribution in [2.75, 3.05) is 13.2 Å². The maximum Gasteiger partial charge on any atom is 0.383 e. The van der Waals surface area contributed by atoms with Crippen LogP contribution in [0.5, 0.6) is 0 Å². The first-order valence-corrected chi connectivity index (χ1v) is 9.43. The third-order valence-electron chi connectivity index (χ3n) is 3.11. The average Bonchev–Trinajstić information content (AvgIpc) is 2.61. The zero-order chi connectivity index (χ0) is 17.3. The van der Waals surface area contributed by atoms with Crippen molar-refractivity contribution in [1.29, 1.82) is 0 Å². The molecule has 0 aromatic heterocycles. The van der Waals surface area contributed by atoms with Crippen molar-refractivity contribution < 1.29 is 18.5 Å². The van der Waals surface area contributed by atoms with Crippen molar-refractivity contribution in [2.45, 2.75) is 20.5 Å². The highest BCUT2D eigenvalue weighted by atomic mass is 31.2.